The average Bonchev–Trinajstić information content (AvgIpc) is 2.97. The van der Waals surface area contributed by atoms with E-state index in [1.54, 1.807) is 13.2 Å². The molecule has 0 bridgehead atoms. The Morgan fingerprint density at radius 1 is 1.35 bits per heavy atom. The van der Waals surface area contributed by atoms with Gasteiger partial charge in [-0.05, 0) is 32.4 Å². The molecule has 112 valence electrons. The van der Waals surface area contributed by atoms with Crippen molar-refractivity contribution in [2.75, 3.05) is 27.9 Å². The summed E-state index contributed by atoms with van der Waals surface area (Å²) in [5.41, 5.74) is 0.584. The van der Waals surface area contributed by atoms with E-state index in [4.69, 9.17) is 14.2 Å². The molecule has 0 aliphatic carbocycles. The first-order valence-electron chi connectivity index (χ1n) is 6.89. The van der Waals surface area contributed by atoms with Crippen molar-refractivity contribution in [2.45, 2.75) is 31.4 Å². The van der Waals surface area contributed by atoms with E-state index in [9.17, 15) is 4.39 Å². The quantitative estimate of drug-likeness (QED) is 0.871. The standard InChI is InChI=1S/C15H22FNO3/c1-17-13(7-10-5-4-6-20-10)11-8-14(18-2)15(19-3)9-12(11)16/h8-10,13,17H,4-7H2,1-3H3. The van der Waals surface area contributed by atoms with Crippen molar-refractivity contribution < 1.29 is 18.6 Å². The molecule has 0 spiro atoms. The van der Waals surface area contributed by atoms with Gasteiger partial charge in [0.05, 0.1) is 20.3 Å². The predicted octanol–water partition coefficient (Wildman–Crippen LogP) is 2.67. The van der Waals surface area contributed by atoms with Crippen LogP contribution in [0.1, 0.15) is 30.9 Å². The fourth-order valence-electron chi connectivity index (χ4n) is 2.63. The Kier molecular flexibility index (Phi) is 5.20. The van der Waals surface area contributed by atoms with Crippen molar-refractivity contribution in [3.8, 4) is 11.5 Å². The lowest BCUT2D eigenvalue weighted by Gasteiger charge is -2.22. The highest BCUT2D eigenvalue weighted by Gasteiger charge is 2.24. The molecule has 1 heterocycles. The summed E-state index contributed by atoms with van der Waals surface area (Å²) in [6, 6.07) is 2.97. The number of benzene rings is 1. The predicted molar refractivity (Wildman–Crippen MR) is 74.9 cm³/mol. The molecule has 0 amide bonds. The third-order valence-corrected chi connectivity index (χ3v) is 3.75. The Balaban J connectivity index is 2.23. The lowest BCUT2D eigenvalue weighted by atomic mass is 9.98. The summed E-state index contributed by atoms with van der Waals surface area (Å²) in [5.74, 6) is 0.650. The third kappa shape index (κ3) is 3.22. The molecule has 2 atom stereocenters. The highest BCUT2D eigenvalue weighted by Crippen LogP contribution is 2.34. The molecule has 2 rings (SSSR count). The largest absolute Gasteiger partial charge is 0.493 e. The molecule has 2 unspecified atom stereocenters. The molecule has 1 aliphatic heterocycles. The van der Waals surface area contributed by atoms with Gasteiger partial charge >= 0.3 is 0 Å². The van der Waals surface area contributed by atoms with E-state index in [2.05, 4.69) is 5.32 Å². The molecular weight excluding hydrogens is 261 g/mol. The van der Waals surface area contributed by atoms with Crippen molar-refractivity contribution in [2.24, 2.45) is 0 Å². The topological polar surface area (TPSA) is 39.7 Å². The zero-order valence-electron chi connectivity index (χ0n) is 12.2. The molecule has 1 saturated heterocycles. The second-order valence-corrected chi connectivity index (χ2v) is 4.94. The van der Waals surface area contributed by atoms with E-state index in [1.165, 1.54) is 13.2 Å². The van der Waals surface area contributed by atoms with Crippen LogP contribution < -0.4 is 14.8 Å². The Morgan fingerprint density at radius 2 is 2.05 bits per heavy atom. The molecule has 4 nitrogen and oxygen atoms in total. The van der Waals surface area contributed by atoms with Gasteiger partial charge in [0, 0.05) is 24.3 Å². The summed E-state index contributed by atoms with van der Waals surface area (Å²) >= 11 is 0. The van der Waals surface area contributed by atoms with Crippen molar-refractivity contribution in [1.29, 1.82) is 0 Å². The molecule has 1 aliphatic rings. The van der Waals surface area contributed by atoms with Crippen molar-refractivity contribution >= 4 is 0 Å². The maximum absolute atomic E-state index is 14.2. The van der Waals surface area contributed by atoms with Crippen molar-refractivity contribution in [3.05, 3.63) is 23.5 Å². The smallest absolute Gasteiger partial charge is 0.163 e. The minimum absolute atomic E-state index is 0.0992. The summed E-state index contributed by atoms with van der Waals surface area (Å²) in [6.45, 7) is 0.801. The van der Waals surface area contributed by atoms with Gasteiger partial charge in [-0.2, -0.15) is 0 Å². The number of ether oxygens (including phenoxy) is 3. The van der Waals surface area contributed by atoms with Gasteiger partial charge in [0.15, 0.2) is 11.5 Å². The molecule has 1 aromatic rings. The summed E-state index contributed by atoms with van der Waals surface area (Å²) in [5, 5.41) is 3.16. The molecule has 1 N–H and O–H groups in total. The summed E-state index contributed by atoms with van der Waals surface area (Å²) in [6.07, 6.45) is 3.06. The van der Waals surface area contributed by atoms with Gasteiger partial charge < -0.3 is 19.5 Å². The van der Waals surface area contributed by atoms with Crippen LogP contribution >= 0.6 is 0 Å². The van der Waals surface area contributed by atoms with Crippen molar-refractivity contribution in [3.63, 3.8) is 0 Å². The first-order chi connectivity index (χ1) is 9.69. The highest BCUT2D eigenvalue weighted by atomic mass is 19.1. The van der Waals surface area contributed by atoms with Crippen LogP contribution in [0.25, 0.3) is 0 Å². The zero-order valence-corrected chi connectivity index (χ0v) is 12.2. The number of halogens is 1. The van der Waals surface area contributed by atoms with E-state index in [0.29, 0.717) is 17.1 Å². The van der Waals surface area contributed by atoms with Crippen LogP contribution in [-0.4, -0.2) is 34.0 Å². The first kappa shape index (κ1) is 15.1. The maximum atomic E-state index is 14.2. The van der Waals surface area contributed by atoms with Crippen LogP contribution in [0.3, 0.4) is 0 Å². The number of rotatable bonds is 6. The van der Waals surface area contributed by atoms with Gasteiger partial charge in [-0.25, -0.2) is 4.39 Å². The average molecular weight is 283 g/mol. The third-order valence-electron chi connectivity index (χ3n) is 3.75. The van der Waals surface area contributed by atoms with Gasteiger partial charge in [0.1, 0.15) is 5.82 Å². The molecule has 1 aromatic carbocycles. The van der Waals surface area contributed by atoms with Crippen LogP contribution in [0.15, 0.2) is 12.1 Å². The fourth-order valence-corrected chi connectivity index (χ4v) is 2.63. The second-order valence-electron chi connectivity index (χ2n) is 4.94. The Hall–Kier alpha value is -1.33. The van der Waals surface area contributed by atoms with Crippen LogP contribution in [-0.2, 0) is 4.74 Å². The van der Waals surface area contributed by atoms with E-state index in [-0.39, 0.29) is 18.0 Å². The summed E-state index contributed by atoms with van der Waals surface area (Å²) in [7, 11) is 4.88. The monoisotopic (exact) mass is 283 g/mol. The lowest BCUT2D eigenvalue weighted by molar-refractivity contribution is 0.0950. The number of methoxy groups -OCH3 is 2. The summed E-state index contributed by atoms with van der Waals surface area (Å²) in [4.78, 5) is 0. The highest BCUT2D eigenvalue weighted by molar-refractivity contribution is 5.44. The normalized spacial score (nSPS) is 19.9. The van der Waals surface area contributed by atoms with E-state index >= 15 is 0 Å². The van der Waals surface area contributed by atoms with E-state index in [1.807, 2.05) is 7.05 Å². The Morgan fingerprint density at radius 3 is 2.60 bits per heavy atom. The Bertz CT molecular complexity index is 447. The van der Waals surface area contributed by atoms with Crippen LogP contribution in [0.4, 0.5) is 4.39 Å². The molecule has 5 heteroatoms. The Labute approximate surface area is 119 Å². The molecule has 0 aromatic heterocycles. The van der Waals surface area contributed by atoms with Crippen molar-refractivity contribution in [1.82, 2.24) is 5.32 Å². The van der Waals surface area contributed by atoms with Gasteiger partial charge in [-0.3, -0.25) is 0 Å². The van der Waals surface area contributed by atoms with Crippen LogP contribution in [0.5, 0.6) is 11.5 Å². The van der Waals surface area contributed by atoms with Gasteiger partial charge in [0.25, 0.3) is 0 Å². The van der Waals surface area contributed by atoms with Gasteiger partial charge in [-0.15, -0.1) is 0 Å². The number of hydrogen-bond acceptors (Lipinski definition) is 4. The maximum Gasteiger partial charge on any atom is 0.163 e. The molecule has 0 saturated carbocycles. The molecule has 20 heavy (non-hydrogen) atoms. The van der Waals surface area contributed by atoms with E-state index < -0.39 is 0 Å². The van der Waals surface area contributed by atoms with Crippen LogP contribution in [0, 0.1) is 5.82 Å². The zero-order chi connectivity index (χ0) is 14.5. The number of hydrogen-bond donors (Lipinski definition) is 1. The first-order valence-corrected chi connectivity index (χ1v) is 6.89. The molecule has 0 radical (unpaired) electrons. The molecular formula is C15H22FNO3. The lowest BCUT2D eigenvalue weighted by Crippen LogP contribution is -2.23. The SMILES string of the molecule is CNC(CC1CCCO1)c1cc(OC)c(OC)cc1F. The fraction of sp³-hybridized carbons (Fsp3) is 0.600. The van der Waals surface area contributed by atoms with Gasteiger partial charge in [0.2, 0.25) is 0 Å². The summed E-state index contributed by atoms with van der Waals surface area (Å²) < 4.78 is 30.2. The van der Waals surface area contributed by atoms with E-state index in [0.717, 1.165) is 25.9 Å². The number of nitrogens with one attached hydrogen (secondary N) is 1. The van der Waals surface area contributed by atoms with Gasteiger partial charge in [-0.1, -0.05) is 0 Å². The molecule has 1 fully saturated rings. The second kappa shape index (κ2) is 6.90. The minimum Gasteiger partial charge on any atom is -0.493 e. The minimum atomic E-state index is -0.292. The van der Waals surface area contributed by atoms with Crippen LogP contribution in [0.2, 0.25) is 0 Å².